The van der Waals surface area contributed by atoms with Gasteiger partial charge in [-0.1, -0.05) is 12.1 Å². The molecule has 2 aromatic rings. The normalized spacial score (nSPS) is 20.9. The van der Waals surface area contributed by atoms with Crippen LogP contribution in [0.4, 0.5) is 0 Å². The highest BCUT2D eigenvalue weighted by Gasteiger charge is 2.46. The Morgan fingerprint density at radius 2 is 1.85 bits per heavy atom. The lowest BCUT2D eigenvalue weighted by atomic mass is 9.88. The summed E-state index contributed by atoms with van der Waals surface area (Å²) in [6, 6.07) is 12.7. The van der Waals surface area contributed by atoms with E-state index < -0.39 is 5.54 Å². The molecule has 20 heavy (non-hydrogen) atoms. The lowest BCUT2D eigenvalue weighted by Crippen LogP contribution is -2.43. The third-order valence-corrected chi connectivity index (χ3v) is 3.07. The van der Waals surface area contributed by atoms with Crippen LogP contribution in [0, 0.1) is 16.7 Å². The molecule has 2 N–H and O–H groups in total. The lowest BCUT2D eigenvalue weighted by Gasteiger charge is -2.19. The molecular formula is C14H10N6. The molecule has 0 aromatic carbocycles. The zero-order valence-corrected chi connectivity index (χ0v) is 10.4. The van der Waals surface area contributed by atoms with E-state index in [0.717, 1.165) is 0 Å². The number of nitrogens with zero attached hydrogens (tertiary/aromatic N) is 4. The summed E-state index contributed by atoms with van der Waals surface area (Å²) < 4.78 is 0. The van der Waals surface area contributed by atoms with E-state index in [2.05, 4.69) is 26.6 Å². The van der Waals surface area contributed by atoms with E-state index in [-0.39, 0.29) is 5.71 Å². The molecule has 3 heterocycles. The standard InChI is InChI=1S/C14H10N6/c15-9-14(11-6-2-4-8-18-11)13(16)12(19-20-14)10-5-1-3-7-17-10/h1-8,16,20H. The molecule has 2 aromatic heterocycles. The maximum absolute atomic E-state index is 9.52. The van der Waals surface area contributed by atoms with Crippen LogP contribution in [-0.4, -0.2) is 21.4 Å². The zero-order chi connectivity index (χ0) is 14.0. The number of hydrazone groups is 1. The van der Waals surface area contributed by atoms with Gasteiger partial charge in [-0.25, -0.2) is 0 Å². The molecule has 0 radical (unpaired) electrons. The smallest absolute Gasteiger partial charge is 0.226 e. The first-order valence-corrected chi connectivity index (χ1v) is 5.96. The fourth-order valence-electron chi connectivity index (χ4n) is 2.03. The van der Waals surface area contributed by atoms with Gasteiger partial charge in [0.25, 0.3) is 0 Å². The minimum absolute atomic E-state index is 0.0531. The van der Waals surface area contributed by atoms with Gasteiger partial charge in [0.15, 0.2) is 0 Å². The van der Waals surface area contributed by atoms with Gasteiger partial charge < -0.3 is 0 Å². The minimum atomic E-state index is -1.35. The third-order valence-electron chi connectivity index (χ3n) is 3.07. The van der Waals surface area contributed by atoms with Crippen molar-refractivity contribution in [1.29, 1.82) is 10.7 Å². The van der Waals surface area contributed by atoms with Crippen LogP contribution in [0.3, 0.4) is 0 Å². The molecule has 1 atom stereocenters. The second-order valence-corrected chi connectivity index (χ2v) is 4.24. The Balaban J connectivity index is 2.04. The van der Waals surface area contributed by atoms with E-state index in [1.807, 2.05) is 6.07 Å². The van der Waals surface area contributed by atoms with Gasteiger partial charge in [-0.3, -0.25) is 20.8 Å². The van der Waals surface area contributed by atoms with Crippen molar-refractivity contribution in [2.24, 2.45) is 5.10 Å². The molecule has 6 heteroatoms. The van der Waals surface area contributed by atoms with Crippen molar-refractivity contribution in [3.63, 3.8) is 0 Å². The van der Waals surface area contributed by atoms with Crippen molar-refractivity contribution in [2.75, 3.05) is 0 Å². The fourth-order valence-corrected chi connectivity index (χ4v) is 2.03. The molecule has 0 spiro atoms. The molecule has 96 valence electrons. The molecule has 3 rings (SSSR count). The highest BCUT2D eigenvalue weighted by Crippen LogP contribution is 2.26. The molecule has 0 fully saturated rings. The Morgan fingerprint density at radius 3 is 2.45 bits per heavy atom. The van der Waals surface area contributed by atoms with Crippen LogP contribution >= 0.6 is 0 Å². The van der Waals surface area contributed by atoms with Crippen molar-refractivity contribution in [3.8, 4) is 6.07 Å². The number of nitrogens with one attached hydrogen (secondary N) is 2. The molecule has 0 aliphatic carbocycles. The first-order valence-electron chi connectivity index (χ1n) is 5.96. The van der Waals surface area contributed by atoms with Crippen LogP contribution in [0.25, 0.3) is 0 Å². The average Bonchev–Trinajstić information content (AvgIpc) is 2.87. The molecule has 1 unspecified atom stereocenters. The second kappa shape index (κ2) is 4.55. The number of nitriles is 1. The molecule has 1 aliphatic heterocycles. The first-order chi connectivity index (χ1) is 9.78. The number of aromatic nitrogens is 2. The lowest BCUT2D eigenvalue weighted by molar-refractivity contribution is 0.580. The van der Waals surface area contributed by atoms with Crippen molar-refractivity contribution in [2.45, 2.75) is 5.54 Å². The molecule has 1 aliphatic rings. The van der Waals surface area contributed by atoms with Crippen molar-refractivity contribution < 1.29 is 0 Å². The van der Waals surface area contributed by atoms with Gasteiger partial charge in [0.1, 0.15) is 17.5 Å². The molecular weight excluding hydrogens is 252 g/mol. The van der Waals surface area contributed by atoms with Crippen molar-refractivity contribution in [1.82, 2.24) is 15.4 Å². The van der Waals surface area contributed by atoms with E-state index >= 15 is 0 Å². The highest BCUT2D eigenvalue weighted by molar-refractivity contribution is 6.51. The topological polar surface area (TPSA) is 97.8 Å². The van der Waals surface area contributed by atoms with E-state index in [4.69, 9.17) is 5.41 Å². The van der Waals surface area contributed by atoms with Crippen LogP contribution in [-0.2, 0) is 5.54 Å². The molecule has 0 saturated heterocycles. The van der Waals surface area contributed by atoms with Crippen LogP contribution in [0.5, 0.6) is 0 Å². The quantitative estimate of drug-likeness (QED) is 0.850. The van der Waals surface area contributed by atoms with Crippen LogP contribution in [0.2, 0.25) is 0 Å². The second-order valence-electron chi connectivity index (χ2n) is 4.24. The summed E-state index contributed by atoms with van der Waals surface area (Å²) in [5.41, 5.74) is 2.79. The van der Waals surface area contributed by atoms with Crippen molar-refractivity contribution >= 4 is 11.4 Å². The van der Waals surface area contributed by atoms with E-state index in [1.165, 1.54) is 0 Å². The van der Waals surface area contributed by atoms with E-state index in [9.17, 15) is 5.26 Å². The summed E-state index contributed by atoms with van der Waals surface area (Å²) in [4.78, 5) is 8.33. The summed E-state index contributed by atoms with van der Waals surface area (Å²) in [5, 5.41) is 21.9. The molecule has 0 bridgehead atoms. The summed E-state index contributed by atoms with van der Waals surface area (Å²) in [7, 11) is 0. The van der Waals surface area contributed by atoms with Crippen LogP contribution in [0.15, 0.2) is 53.9 Å². The van der Waals surface area contributed by atoms with E-state index in [1.54, 1.807) is 42.7 Å². The maximum atomic E-state index is 9.52. The number of rotatable bonds is 2. The Kier molecular flexibility index (Phi) is 2.73. The van der Waals surface area contributed by atoms with Gasteiger partial charge in [0.2, 0.25) is 5.54 Å². The van der Waals surface area contributed by atoms with Crippen molar-refractivity contribution in [3.05, 3.63) is 60.2 Å². The van der Waals surface area contributed by atoms with Gasteiger partial charge in [-0.15, -0.1) is 0 Å². The third kappa shape index (κ3) is 1.65. The number of hydrogen-bond acceptors (Lipinski definition) is 6. The van der Waals surface area contributed by atoms with Gasteiger partial charge in [-0.2, -0.15) is 10.4 Å². The van der Waals surface area contributed by atoms with Crippen LogP contribution in [0.1, 0.15) is 11.4 Å². The molecule has 0 saturated carbocycles. The average molecular weight is 262 g/mol. The van der Waals surface area contributed by atoms with Crippen LogP contribution < -0.4 is 5.43 Å². The predicted octanol–water partition coefficient (Wildman–Crippen LogP) is 1.22. The maximum Gasteiger partial charge on any atom is 0.226 e. The summed E-state index contributed by atoms with van der Waals surface area (Å²) >= 11 is 0. The summed E-state index contributed by atoms with van der Waals surface area (Å²) in [6.07, 6.45) is 3.21. The Hall–Kier alpha value is -3.07. The predicted molar refractivity (Wildman–Crippen MR) is 73.2 cm³/mol. The number of pyridine rings is 2. The fraction of sp³-hybridized carbons (Fsp3) is 0.0714. The zero-order valence-electron chi connectivity index (χ0n) is 10.4. The van der Waals surface area contributed by atoms with Gasteiger partial charge >= 0.3 is 0 Å². The molecule has 6 nitrogen and oxygen atoms in total. The monoisotopic (exact) mass is 262 g/mol. The SMILES string of the molecule is N#CC1(c2ccccn2)NN=C(c2ccccn2)C1=N. The Morgan fingerprint density at radius 1 is 1.10 bits per heavy atom. The van der Waals surface area contributed by atoms with Gasteiger partial charge in [0.05, 0.1) is 11.4 Å². The first kappa shape index (κ1) is 12.0. The summed E-state index contributed by atoms with van der Waals surface area (Å²) in [5.74, 6) is 0. The Labute approximate surface area is 115 Å². The van der Waals surface area contributed by atoms with E-state index in [0.29, 0.717) is 17.1 Å². The van der Waals surface area contributed by atoms with Gasteiger partial charge in [-0.05, 0) is 24.3 Å². The minimum Gasteiger partial charge on any atom is -0.299 e. The summed E-state index contributed by atoms with van der Waals surface area (Å²) in [6.45, 7) is 0. The van der Waals surface area contributed by atoms with Gasteiger partial charge in [0, 0.05) is 12.4 Å². The molecule has 0 amide bonds. The Bertz CT molecular complexity index is 716. The largest absolute Gasteiger partial charge is 0.299 e. The number of hydrogen-bond donors (Lipinski definition) is 2. The highest BCUT2D eigenvalue weighted by atomic mass is 15.4.